The van der Waals surface area contributed by atoms with Crippen LogP contribution in [0.5, 0.6) is 5.75 Å². The van der Waals surface area contributed by atoms with Gasteiger partial charge in [-0.05, 0) is 56.9 Å². The molecule has 0 bridgehead atoms. The number of hydrogen-bond donors (Lipinski definition) is 1. The van der Waals surface area contributed by atoms with Crippen LogP contribution in [0.25, 0.3) is 0 Å². The van der Waals surface area contributed by atoms with Crippen molar-refractivity contribution in [2.75, 3.05) is 26.3 Å². The number of carbonyl (C=O) groups excluding carboxylic acids is 1. The average Bonchev–Trinajstić information content (AvgIpc) is 3.25. The van der Waals surface area contributed by atoms with Crippen LogP contribution in [0.2, 0.25) is 0 Å². The Bertz CT molecular complexity index is 754. The van der Waals surface area contributed by atoms with Crippen LogP contribution in [0, 0.1) is 0 Å². The Balaban J connectivity index is 1.73. The molecule has 2 fully saturated rings. The van der Waals surface area contributed by atoms with E-state index in [4.69, 9.17) is 9.47 Å². The summed E-state index contributed by atoms with van der Waals surface area (Å²) in [7, 11) is -3.78. The zero-order chi connectivity index (χ0) is 20.7. The molecule has 1 N–H and O–H groups in total. The van der Waals surface area contributed by atoms with E-state index in [9.17, 15) is 13.2 Å². The van der Waals surface area contributed by atoms with Gasteiger partial charge in [-0.25, -0.2) is 8.42 Å². The zero-order valence-corrected chi connectivity index (χ0v) is 18.0. The summed E-state index contributed by atoms with van der Waals surface area (Å²) < 4.78 is 39.1. The SMILES string of the molecule is CCOc1ccc(S(=O)(=O)N(CC(=O)NC[C@H]2CCCO2)C2CCCCC2)cc1. The minimum absolute atomic E-state index is 0.0322. The van der Waals surface area contributed by atoms with Gasteiger partial charge in [-0.15, -0.1) is 0 Å². The van der Waals surface area contributed by atoms with Crippen LogP contribution in [0.1, 0.15) is 51.9 Å². The van der Waals surface area contributed by atoms with Crippen molar-refractivity contribution in [2.24, 2.45) is 0 Å². The molecule has 1 aliphatic heterocycles. The Hall–Kier alpha value is -1.64. The average molecular weight is 425 g/mol. The third-order valence-electron chi connectivity index (χ3n) is 5.57. The molecular weight excluding hydrogens is 392 g/mol. The van der Waals surface area contributed by atoms with Crippen molar-refractivity contribution in [1.82, 2.24) is 9.62 Å². The quantitative estimate of drug-likeness (QED) is 0.659. The van der Waals surface area contributed by atoms with Crippen LogP contribution in [-0.4, -0.2) is 57.1 Å². The number of ether oxygens (including phenoxy) is 2. The first-order chi connectivity index (χ1) is 14.0. The minimum atomic E-state index is -3.78. The monoisotopic (exact) mass is 424 g/mol. The van der Waals surface area contributed by atoms with E-state index in [0.29, 0.717) is 18.9 Å². The van der Waals surface area contributed by atoms with Crippen LogP contribution in [0.4, 0.5) is 0 Å². The fraction of sp³-hybridized carbons (Fsp3) is 0.667. The van der Waals surface area contributed by atoms with Gasteiger partial charge in [-0.2, -0.15) is 4.31 Å². The minimum Gasteiger partial charge on any atom is -0.494 e. The van der Waals surface area contributed by atoms with Crippen molar-refractivity contribution in [3.8, 4) is 5.75 Å². The highest BCUT2D eigenvalue weighted by molar-refractivity contribution is 7.89. The molecule has 1 heterocycles. The maximum Gasteiger partial charge on any atom is 0.243 e. The van der Waals surface area contributed by atoms with Gasteiger partial charge in [0.15, 0.2) is 0 Å². The summed E-state index contributed by atoms with van der Waals surface area (Å²) in [6.45, 7) is 3.39. The van der Waals surface area contributed by atoms with Gasteiger partial charge < -0.3 is 14.8 Å². The van der Waals surface area contributed by atoms with E-state index in [1.165, 1.54) is 4.31 Å². The molecule has 1 atom stereocenters. The molecule has 1 aromatic rings. The number of benzene rings is 1. The summed E-state index contributed by atoms with van der Waals surface area (Å²) in [5.74, 6) is 0.352. The lowest BCUT2D eigenvalue weighted by atomic mass is 9.95. The molecule has 8 heteroatoms. The lowest BCUT2D eigenvalue weighted by Gasteiger charge is -2.33. The lowest BCUT2D eigenvalue weighted by Crippen LogP contribution is -2.47. The molecule has 1 amide bonds. The van der Waals surface area contributed by atoms with Crippen molar-refractivity contribution < 1.29 is 22.7 Å². The maximum atomic E-state index is 13.4. The van der Waals surface area contributed by atoms with E-state index in [1.807, 2.05) is 6.92 Å². The predicted molar refractivity (Wildman–Crippen MR) is 110 cm³/mol. The van der Waals surface area contributed by atoms with E-state index in [1.54, 1.807) is 24.3 Å². The molecule has 0 unspecified atom stereocenters. The second-order valence-corrected chi connectivity index (χ2v) is 9.58. The molecular formula is C21H32N2O5S. The Morgan fingerprint density at radius 1 is 1.14 bits per heavy atom. The van der Waals surface area contributed by atoms with E-state index >= 15 is 0 Å². The number of carbonyl (C=O) groups is 1. The predicted octanol–water partition coefficient (Wildman–Crippen LogP) is 2.70. The molecule has 1 aliphatic carbocycles. The van der Waals surface area contributed by atoms with Gasteiger partial charge in [0.05, 0.1) is 24.2 Å². The van der Waals surface area contributed by atoms with Crippen LogP contribution in [-0.2, 0) is 19.6 Å². The van der Waals surface area contributed by atoms with Crippen LogP contribution in [0.3, 0.4) is 0 Å². The van der Waals surface area contributed by atoms with Crippen LogP contribution >= 0.6 is 0 Å². The Morgan fingerprint density at radius 2 is 1.86 bits per heavy atom. The molecule has 3 rings (SSSR count). The van der Waals surface area contributed by atoms with E-state index in [2.05, 4.69) is 5.32 Å². The van der Waals surface area contributed by atoms with Gasteiger partial charge >= 0.3 is 0 Å². The fourth-order valence-electron chi connectivity index (χ4n) is 4.02. The Morgan fingerprint density at radius 3 is 2.48 bits per heavy atom. The molecule has 162 valence electrons. The lowest BCUT2D eigenvalue weighted by molar-refractivity contribution is -0.122. The van der Waals surface area contributed by atoms with Gasteiger partial charge in [0, 0.05) is 19.2 Å². The van der Waals surface area contributed by atoms with E-state index in [-0.39, 0.29) is 29.5 Å². The molecule has 0 radical (unpaired) electrons. The number of rotatable bonds is 9. The number of sulfonamides is 1. The highest BCUT2D eigenvalue weighted by Crippen LogP contribution is 2.28. The normalized spacial score (nSPS) is 20.7. The molecule has 0 aromatic heterocycles. The van der Waals surface area contributed by atoms with Gasteiger partial charge in [0.1, 0.15) is 5.75 Å². The van der Waals surface area contributed by atoms with Crippen molar-refractivity contribution in [3.63, 3.8) is 0 Å². The first kappa shape index (κ1) is 22.1. The van der Waals surface area contributed by atoms with Gasteiger partial charge in [0.2, 0.25) is 15.9 Å². The van der Waals surface area contributed by atoms with Crippen molar-refractivity contribution >= 4 is 15.9 Å². The zero-order valence-electron chi connectivity index (χ0n) is 17.1. The summed E-state index contributed by atoms with van der Waals surface area (Å²) in [6, 6.07) is 6.29. The number of amides is 1. The van der Waals surface area contributed by atoms with E-state index in [0.717, 1.165) is 51.6 Å². The van der Waals surface area contributed by atoms with Crippen molar-refractivity contribution in [2.45, 2.75) is 68.9 Å². The summed E-state index contributed by atoms with van der Waals surface area (Å²) in [4.78, 5) is 12.8. The molecule has 7 nitrogen and oxygen atoms in total. The second kappa shape index (κ2) is 10.4. The Labute approximate surface area is 173 Å². The Kier molecular flexibility index (Phi) is 7.91. The van der Waals surface area contributed by atoms with Crippen molar-refractivity contribution in [1.29, 1.82) is 0 Å². The summed E-state index contributed by atoms with van der Waals surface area (Å²) in [5, 5.41) is 2.85. The number of nitrogens with one attached hydrogen (secondary N) is 1. The van der Waals surface area contributed by atoms with Crippen molar-refractivity contribution in [3.05, 3.63) is 24.3 Å². The third-order valence-corrected chi connectivity index (χ3v) is 7.49. The molecule has 1 saturated carbocycles. The summed E-state index contributed by atoms with van der Waals surface area (Å²) >= 11 is 0. The van der Waals surface area contributed by atoms with Gasteiger partial charge in [-0.3, -0.25) is 4.79 Å². The highest BCUT2D eigenvalue weighted by Gasteiger charge is 2.34. The maximum absolute atomic E-state index is 13.4. The first-order valence-electron chi connectivity index (χ1n) is 10.6. The molecule has 1 saturated heterocycles. The second-order valence-electron chi connectivity index (χ2n) is 7.69. The van der Waals surface area contributed by atoms with Crippen LogP contribution < -0.4 is 10.1 Å². The topological polar surface area (TPSA) is 84.9 Å². The third kappa shape index (κ3) is 5.93. The number of hydrogen-bond acceptors (Lipinski definition) is 5. The largest absolute Gasteiger partial charge is 0.494 e. The first-order valence-corrected chi connectivity index (χ1v) is 12.1. The smallest absolute Gasteiger partial charge is 0.243 e. The van der Waals surface area contributed by atoms with Gasteiger partial charge in [0.25, 0.3) is 0 Å². The van der Waals surface area contributed by atoms with Gasteiger partial charge in [-0.1, -0.05) is 19.3 Å². The number of nitrogens with zero attached hydrogens (tertiary/aromatic N) is 1. The molecule has 2 aliphatic rings. The molecule has 1 aromatic carbocycles. The standard InChI is InChI=1S/C21H32N2O5S/c1-2-27-18-10-12-20(13-11-18)29(25,26)23(17-7-4-3-5-8-17)16-21(24)22-15-19-9-6-14-28-19/h10-13,17,19H,2-9,14-16H2,1H3,(H,22,24)/t19-/m1/s1. The molecule has 29 heavy (non-hydrogen) atoms. The highest BCUT2D eigenvalue weighted by atomic mass is 32.2. The summed E-state index contributed by atoms with van der Waals surface area (Å²) in [5.41, 5.74) is 0. The summed E-state index contributed by atoms with van der Waals surface area (Å²) in [6.07, 6.45) is 6.61. The van der Waals surface area contributed by atoms with E-state index < -0.39 is 10.0 Å². The fourth-order valence-corrected chi connectivity index (χ4v) is 5.66. The molecule has 0 spiro atoms. The van der Waals surface area contributed by atoms with Crippen LogP contribution in [0.15, 0.2) is 29.2 Å².